The van der Waals surface area contributed by atoms with Crippen molar-refractivity contribution in [2.45, 2.75) is 83.6 Å². The highest BCUT2D eigenvalue weighted by Gasteiger charge is 2.36. The van der Waals surface area contributed by atoms with Gasteiger partial charge in [-0.2, -0.15) is 0 Å². The number of fused-ring (bicyclic) bond motifs is 2. The van der Waals surface area contributed by atoms with Gasteiger partial charge in [-0.05, 0) is 54.9 Å². The first-order valence-electron chi connectivity index (χ1n) is 16.0. The number of ether oxygens (including phenoxy) is 1. The van der Waals surface area contributed by atoms with E-state index in [0.717, 1.165) is 24.1 Å². The van der Waals surface area contributed by atoms with Crippen LogP contribution in [0, 0.1) is 5.92 Å². The lowest BCUT2D eigenvalue weighted by atomic mass is 10.0. The number of hydrogen-bond acceptors (Lipinski definition) is 6. The molecule has 11 heteroatoms. The molecule has 0 saturated carbocycles. The Morgan fingerprint density at radius 1 is 0.933 bits per heavy atom. The molecule has 0 aliphatic carbocycles. The largest absolute Gasteiger partial charge is 0.491 e. The molecule has 0 spiro atoms. The fourth-order valence-corrected chi connectivity index (χ4v) is 6.14. The zero-order valence-electron chi connectivity index (χ0n) is 26.1. The summed E-state index contributed by atoms with van der Waals surface area (Å²) in [5.74, 6) is -0.814. The van der Waals surface area contributed by atoms with Crippen LogP contribution < -0.4 is 20.7 Å². The highest BCUT2D eigenvalue weighted by atomic mass is 16.5. The Bertz CT molecular complexity index is 1430. The molecule has 3 heterocycles. The maximum Gasteiger partial charge on any atom is 0.255 e. The number of nitrogens with one attached hydrogen (secondary N) is 3. The Balaban J connectivity index is 1.33. The van der Waals surface area contributed by atoms with Gasteiger partial charge in [0, 0.05) is 39.0 Å². The second-order valence-corrected chi connectivity index (χ2v) is 12.4. The van der Waals surface area contributed by atoms with Crippen molar-refractivity contribution < 1.29 is 28.7 Å². The minimum atomic E-state index is -0.997. The number of likely N-dealkylation sites (tertiary alicyclic amines) is 1. The van der Waals surface area contributed by atoms with Gasteiger partial charge in [0.2, 0.25) is 23.6 Å². The van der Waals surface area contributed by atoms with E-state index in [9.17, 15) is 24.0 Å². The Kier molecular flexibility index (Phi) is 10.4. The maximum absolute atomic E-state index is 13.5. The number of amides is 5. The summed E-state index contributed by atoms with van der Waals surface area (Å²) in [5, 5.41) is 8.82. The SMILES string of the molecule is CC(C)[C@@H]1COc2ccccc2C(=O)N[C@H](C(=O)NCc2cccc(CN3CCCC3=O)c2)CCC(=O)N2CCC[C@H]2C(=O)N1. The van der Waals surface area contributed by atoms with Crippen LogP contribution in [0.2, 0.25) is 0 Å². The monoisotopic (exact) mass is 617 g/mol. The van der Waals surface area contributed by atoms with Crippen molar-refractivity contribution in [3.05, 3.63) is 65.2 Å². The molecule has 2 fully saturated rings. The van der Waals surface area contributed by atoms with E-state index >= 15 is 0 Å². The molecule has 5 amide bonds. The first kappa shape index (κ1) is 32.0. The van der Waals surface area contributed by atoms with Crippen LogP contribution in [-0.2, 0) is 32.3 Å². The summed E-state index contributed by atoms with van der Waals surface area (Å²) in [6, 6.07) is 12.6. The second-order valence-electron chi connectivity index (χ2n) is 12.4. The fourth-order valence-electron chi connectivity index (χ4n) is 6.14. The van der Waals surface area contributed by atoms with Crippen LogP contribution in [0.3, 0.4) is 0 Å². The highest BCUT2D eigenvalue weighted by molar-refractivity contribution is 6.00. The molecule has 0 unspecified atom stereocenters. The number of carbonyl (C=O) groups is 5. The maximum atomic E-state index is 13.5. The van der Waals surface area contributed by atoms with Crippen LogP contribution in [0.25, 0.3) is 0 Å². The van der Waals surface area contributed by atoms with Crippen molar-refractivity contribution >= 4 is 29.5 Å². The van der Waals surface area contributed by atoms with Gasteiger partial charge in [0.15, 0.2) is 0 Å². The topological polar surface area (TPSA) is 137 Å². The molecule has 5 rings (SSSR count). The minimum absolute atomic E-state index is 0.00670. The van der Waals surface area contributed by atoms with E-state index in [0.29, 0.717) is 38.1 Å². The lowest BCUT2D eigenvalue weighted by molar-refractivity contribution is -0.139. The molecule has 11 nitrogen and oxygen atoms in total. The van der Waals surface area contributed by atoms with E-state index in [1.165, 1.54) is 0 Å². The zero-order chi connectivity index (χ0) is 31.9. The van der Waals surface area contributed by atoms with E-state index in [1.807, 2.05) is 43.0 Å². The van der Waals surface area contributed by atoms with Crippen molar-refractivity contribution in [2.24, 2.45) is 5.92 Å². The summed E-state index contributed by atoms with van der Waals surface area (Å²) in [6.07, 6.45) is 2.78. The van der Waals surface area contributed by atoms with Crippen molar-refractivity contribution in [2.75, 3.05) is 19.7 Å². The lowest BCUT2D eigenvalue weighted by Crippen LogP contribution is -2.52. The van der Waals surface area contributed by atoms with E-state index in [-0.39, 0.29) is 61.2 Å². The van der Waals surface area contributed by atoms with Crippen LogP contribution in [0.4, 0.5) is 0 Å². The van der Waals surface area contributed by atoms with Crippen LogP contribution in [0.1, 0.15) is 73.9 Å². The van der Waals surface area contributed by atoms with Gasteiger partial charge < -0.3 is 30.5 Å². The summed E-state index contributed by atoms with van der Waals surface area (Å²) >= 11 is 0. The predicted octanol–water partition coefficient (Wildman–Crippen LogP) is 2.53. The zero-order valence-corrected chi connectivity index (χ0v) is 26.1. The first-order valence-corrected chi connectivity index (χ1v) is 16.0. The third kappa shape index (κ3) is 8.01. The Hall–Kier alpha value is -4.41. The molecule has 2 aromatic carbocycles. The fraction of sp³-hybridized carbons (Fsp3) is 0.500. The molecular formula is C34H43N5O6. The molecule has 2 aromatic rings. The highest BCUT2D eigenvalue weighted by Crippen LogP contribution is 2.23. The smallest absolute Gasteiger partial charge is 0.255 e. The van der Waals surface area contributed by atoms with Crippen molar-refractivity contribution in [3.8, 4) is 5.75 Å². The van der Waals surface area contributed by atoms with Gasteiger partial charge in [-0.1, -0.05) is 50.2 Å². The standard InChI is InChI=1S/C34H43N5O6/c1-22(2)27-21-45-29-12-4-3-10-25(29)32(42)36-26(14-15-31(41)39-17-6-11-28(39)34(44)37-27)33(43)35-19-23-8-5-9-24(18-23)20-38-16-7-13-30(38)40/h3-5,8-10,12,18,22,26-28H,6-7,11,13-17,19-21H2,1-2H3,(H,35,43)(H,36,42)(H,37,44)/t26-,27-,28-/m0/s1. The summed E-state index contributed by atoms with van der Waals surface area (Å²) in [6.45, 7) is 6.05. The first-order chi connectivity index (χ1) is 21.7. The molecule has 3 aliphatic heterocycles. The normalized spacial score (nSPS) is 23.0. The lowest BCUT2D eigenvalue weighted by Gasteiger charge is -2.28. The minimum Gasteiger partial charge on any atom is -0.491 e. The average molecular weight is 618 g/mol. The van der Waals surface area contributed by atoms with Gasteiger partial charge in [-0.3, -0.25) is 24.0 Å². The molecule has 3 aliphatic rings. The van der Waals surface area contributed by atoms with Gasteiger partial charge >= 0.3 is 0 Å². The van der Waals surface area contributed by atoms with E-state index in [1.54, 1.807) is 29.2 Å². The van der Waals surface area contributed by atoms with Crippen molar-refractivity contribution in [1.29, 1.82) is 0 Å². The number of benzene rings is 2. The van der Waals surface area contributed by atoms with Gasteiger partial charge in [-0.15, -0.1) is 0 Å². The van der Waals surface area contributed by atoms with E-state index in [4.69, 9.17) is 4.74 Å². The van der Waals surface area contributed by atoms with Crippen LogP contribution >= 0.6 is 0 Å². The molecular weight excluding hydrogens is 574 g/mol. The molecule has 0 bridgehead atoms. The quantitative estimate of drug-likeness (QED) is 0.456. The Morgan fingerprint density at radius 3 is 2.51 bits per heavy atom. The number of carbonyl (C=O) groups excluding carboxylic acids is 5. The summed E-state index contributed by atoms with van der Waals surface area (Å²) in [7, 11) is 0. The molecule has 240 valence electrons. The van der Waals surface area contributed by atoms with Crippen LogP contribution in [0.5, 0.6) is 5.75 Å². The summed E-state index contributed by atoms with van der Waals surface area (Å²) < 4.78 is 6.07. The van der Waals surface area contributed by atoms with Crippen LogP contribution in [-0.4, -0.2) is 77.2 Å². The van der Waals surface area contributed by atoms with Gasteiger partial charge in [0.1, 0.15) is 24.4 Å². The molecule has 3 N–H and O–H groups in total. The number of hydrogen-bond donors (Lipinski definition) is 3. The van der Waals surface area contributed by atoms with Gasteiger partial charge in [-0.25, -0.2) is 0 Å². The number of nitrogens with zero attached hydrogens (tertiary/aromatic N) is 2. The third-order valence-electron chi connectivity index (χ3n) is 8.83. The molecule has 2 saturated heterocycles. The van der Waals surface area contributed by atoms with Gasteiger partial charge in [0.25, 0.3) is 5.91 Å². The van der Waals surface area contributed by atoms with E-state index in [2.05, 4.69) is 16.0 Å². The third-order valence-corrected chi connectivity index (χ3v) is 8.83. The summed E-state index contributed by atoms with van der Waals surface area (Å²) in [4.78, 5) is 69.2. The Labute approximate surface area is 264 Å². The molecule has 45 heavy (non-hydrogen) atoms. The van der Waals surface area contributed by atoms with Crippen LogP contribution in [0.15, 0.2) is 48.5 Å². The molecule has 3 atom stereocenters. The molecule has 0 radical (unpaired) electrons. The average Bonchev–Trinajstić information content (AvgIpc) is 3.69. The second kappa shape index (κ2) is 14.6. The van der Waals surface area contributed by atoms with E-state index < -0.39 is 23.9 Å². The van der Waals surface area contributed by atoms with Crippen molar-refractivity contribution in [3.63, 3.8) is 0 Å². The number of rotatable bonds is 6. The molecule has 0 aromatic heterocycles. The Morgan fingerprint density at radius 2 is 1.73 bits per heavy atom. The van der Waals surface area contributed by atoms with Crippen molar-refractivity contribution in [1.82, 2.24) is 25.8 Å². The summed E-state index contributed by atoms with van der Waals surface area (Å²) in [5.41, 5.74) is 2.09. The predicted molar refractivity (Wildman–Crippen MR) is 167 cm³/mol. The van der Waals surface area contributed by atoms with Gasteiger partial charge in [0.05, 0.1) is 11.6 Å². The number of para-hydroxylation sites is 1.